The molecule has 1 saturated heterocycles. The second-order valence-electron chi connectivity index (χ2n) is 6.85. The Morgan fingerprint density at radius 1 is 1.62 bits per heavy atom. The van der Waals surface area contributed by atoms with Crippen molar-refractivity contribution in [1.29, 1.82) is 0 Å². The Morgan fingerprint density at radius 2 is 2.33 bits per heavy atom. The van der Waals surface area contributed by atoms with Crippen LogP contribution in [0, 0.1) is 5.92 Å². The number of aliphatic hydroxyl groups is 1. The zero-order chi connectivity index (χ0) is 15.4. The summed E-state index contributed by atoms with van der Waals surface area (Å²) >= 11 is 4.75. The first-order valence-corrected chi connectivity index (χ1v) is 8.70. The second kappa shape index (κ2) is 4.93. The highest BCUT2D eigenvalue weighted by atomic mass is 79.9. The lowest BCUT2D eigenvalue weighted by Gasteiger charge is -2.39. The van der Waals surface area contributed by atoms with Crippen molar-refractivity contribution in [2.45, 2.75) is 50.9 Å². The van der Waals surface area contributed by atoms with E-state index in [1.807, 2.05) is 26.2 Å². The fourth-order valence-corrected chi connectivity index (χ4v) is 4.72. The molecule has 21 heavy (non-hydrogen) atoms. The number of halogens is 1. The first-order valence-electron chi connectivity index (χ1n) is 7.02. The monoisotopic (exact) mass is 374 g/mol. The molecule has 2 heterocycles. The van der Waals surface area contributed by atoms with Crippen LogP contribution in [-0.2, 0) is 10.3 Å². The molecule has 2 fully saturated rings. The highest BCUT2D eigenvalue weighted by Gasteiger charge is 2.58. The third-order valence-corrected chi connectivity index (χ3v) is 5.73. The standard InChI is InChI=1S/C14H19BrN2O3S/c1-13(2,3)20-12(18)17-6-8-4-9(17)14(19,5-8)11-16-10(15)7-21-11/h7-9,19H,4-6H2,1-3H3. The maximum Gasteiger partial charge on any atom is 0.410 e. The molecule has 3 unspecified atom stereocenters. The van der Waals surface area contributed by atoms with Crippen LogP contribution in [0.5, 0.6) is 0 Å². The number of thiazole rings is 1. The van der Waals surface area contributed by atoms with Gasteiger partial charge in [-0.2, -0.15) is 0 Å². The summed E-state index contributed by atoms with van der Waals surface area (Å²) in [6, 6.07) is -0.240. The molecule has 1 amide bonds. The summed E-state index contributed by atoms with van der Waals surface area (Å²) in [5.74, 6) is 0.315. The zero-order valence-electron chi connectivity index (χ0n) is 12.3. The van der Waals surface area contributed by atoms with Crippen LogP contribution in [0.4, 0.5) is 4.79 Å². The number of aromatic nitrogens is 1. The zero-order valence-corrected chi connectivity index (χ0v) is 14.7. The number of carbonyl (C=O) groups is 1. The highest BCUT2D eigenvalue weighted by Crippen LogP contribution is 2.51. The van der Waals surface area contributed by atoms with Gasteiger partial charge < -0.3 is 14.7 Å². The molecule has 3 rings (SSSR count). The topological polar surface area (TPSA) is 62.7 Å². The Bertz CT molecular complexity index is 571. The summed E-state index contributed by atoms with van der Waals surface area (Å²) in [5.41, 5.74) is -1.57. The molecule has 1 aliphatic carbocycles. The van der Waals surface area contributed by atoms with Gasteiger partial charge in [0.25, 0.3) is 0 Å². The van der Waals surface area contributed by atoms with Crippen molar-refractivity contribution in [1.82, 2.24) is 9.88 Å². The number of fused-ring (bicyclic) bond motifs is 2. The van der Waals surface area contributed by atoms with Gasteiger partial charge in [0, 0.05) is 11.9 Å². The van der Waals surface area contributed by atoms with Crippen LogP contribution < -0.4 is 0 Å². The number of hydrogen-bond donors (Lipinski definition) is 1. The van der Waals surface area contributed by atoms with Gasteiger partial charge in [-0.25, -0.2) is 9.78 Å². The summed E-state index contributed by atoms with van der Waals surface area (Å²) in [5, 5.41) is 13.6. The van der Waals surface area contributed by atoms with Crippen LogP contribution in [0.2, 0.25) is 0 Å². The van der Waals surface area contributed by atoms with E-state index in [9.17, 15) is 9.90 Å². The minimum atomic E-state index is -1.05. The quantitative estimate of drug-likeness (QED) is 0.819. The van der Waals surface area contributed by atoms with Gasteiger partial charge in [-0.05, 0) is 55.5 Å². The first kappa shape index (κ1) is 15.2. The predicted molar refractivity (Wildman–Crippen MR) is 83.2 cm³/mol. The van der Waals surface area contributed by atoms with E-state index in [1.165, 1.54) is 11.3 Å². The minimum absolute atomic E-state index is 0.240. The molecule has 116 valence electrons. The molecule has 1 aromatic rings. The van der Waals surface area contributed by atoms with Gasteiger partial charge in [0.15, 0.2) is 0 Å². The molecular formula is C14H19BrN2O3S. The molecule has 1 saturated carbocycles. The van der Waals surface area contributed by atoms with Crippen molar-refractivity contribution in [2.75, 3.05) is 6.54 Å². The number of carbonyl (C=O) groups excluding carboxylic acids is 1. The Hall–Kier alpha value is -0.660. The number of hydrogen-bond acceptors (Lipinski definition) is 5. The summed E-state index contributed by atoms with van der Waals surface area (Å²) in [4.78, 5) is 18.4. The van der Waals surface area contributed by atoms with Crippen LogP contribution in [-0.4, -0.2) is 39.3 Å². The van der Waals surface area contributed by atoms with E-state index in [0.29, 0.717) is 23.9 Å². The van der Waals surface area contributed by atoms with Crippen molar-refractivity contribution in [3.05, 3.63) is 15.0 Å². The van der Waals surface area contributed by atoms with E-state index >= 15 is 0 Å². The lowest BCUT2D eigenvalue weighted by atomic mass is 9.93. The normalized spacial score (nSPS) is 31.8. The molecule has 5 nitrogen and oxygen atoms in total. The van der Waals surface area contributed by atoms with Crippen LogP contribution in [0.25, 0.3) is 0 Å². The summed E-state index contributed by atoms with van der Waals surface area (Å²) in [6.07, 6.45) is 1.13. The van der Waals surface area contributed by atoms with Crippen molar-refractivity contribution in [3.63, 3.8) is 0 Å². The molecule has 0 radical (unpaired) electrons. The number of likely N-dealkylation sites (tertiary alicyclic amines) is 1. The van der Waals surface area contributed by atoms with Gasteiger partial charge in [0.05, 0.1) is 6.04 Å². The van der Waals surface area contributed by atoms with Crippen LogP contribution in [0.3, 0.4) is 0 Å². The van der Waals surface area contributed by atoms with Gasteiger partial charge in [-0.1, -0.05) is 0 Å². The lowest BCUT2D eigenvalue weighted by molar-refractivity contribution is -0.0573. The third-order valence-electron chi connectivity index (χ3n) is 4.01. The van der Waals surface area contributed by atoms with Crippen molar-refractivity contribution < 1.29 is 14.6 Å². The average molecular weight is 375 g/mol. The second-order valence-corrected chi connectivity index (χ2v) is 8.52. The summed E-state index contributed by atoms with van der Waals surface area (Å²) in [6.45, 7) is 6.21. The molecule has 7 heteroatoms. The van der Waals surface area contributed by atoms with Gasteiger partial charge in [0.1, 0.15) is 20.8 Å². The molecule has 1 N–H and O–H groups in total. The Balaban J connectivity index is 1.83. The predicted octanol–water partition coefficient (Wildman–Crippen LogP) is 3.12. The van der Waals surface area contributed by atoms with Crippen molar-refractivity contribution in [2.24, 2.45) is 5.92 Å². The highest BCUT2D eigenvalue weighted by molar-refractivity contribution is 9.10. The number of rotatable bonds is 1. The Labute approximate surface area is 136 Å². The smallest absolute Gasteiger partial charge is 0.410 e. The SMILES string of the molecule is CC(C)(C)OC(=O)N1CC2CC1C(O)(c1nc(Br)cs1)C2. The van der Waals surface area contributed by atoms with Crippen molar-refractivity contribution in [3.8, 4) is 0 Å². The largest absolute Gasteiger partial charge is 0.444 e. The van der Waals surface area contributed by atoms with Gasteiger partial charge in [0.2, 0.25) is 0 Å². The summed E-state index contributed by atoms with van der Waals surface area (Å²) in [7, 11) is 0. The Kier molecular flexibility index (Phi) is 3.58. The van der Waals surface area contributed by atoms with Gasteiger partial charge in [-0.3, -0.25) is 0 Å². The third kappa shape index (κ3) is 2.71. The average Bonchev–Trinajstić information content (AvgIpc) is 3.00. The molecule has 1 aliphatic heterocycles. The molecule has 0 aromatic carbocycles. The minimum Gasteiger partial charge on any atom is -0.444 e. The van der Waals surface area contributed by atoms with E-state index in [2.05, 4.69) is 20.9 Å². The maximum atomic E-state index is 12.3. The van der Waals surface area contributed by atoms with E-state index in [-0.39, 0.29) is 12.1 Å². The molecular weight excluding hydrogens is 356 g/mol. The Morgan fingerprint density at radius 3 is 2.86 bits per heavy atom. The lowest BCUT2D eigenvalue weighted by Crippen LogP contribution is -2.52. The van der Waals surface area contributed by atoms with Crippen LogP contribution in [0.1, 0.15) is 38.6 Å². The van der Waals surface area contributed by atoms with E-state index in [0.717, 1.165) is 11.0 Å². The number of amides is 1. The van der Waals surface area contributed by atoms with Gasteiger partial charge in [-0.15, -0.1) is 11.3 Å². The van der Waals surface area contributed by atoms with E-state index < -0.39 is 11.2 Å². The fraction of sp³-hybridized carbons (Fsp3) is 0.714. The molecule has 0 spiro atoms. The molecule has 1 aromatic heterocycles. The van der Waals surface area contributed by atoms with Gasteiger partial charge >= 0.3 is 6.09 Å². The number of nitrogens with zero attached hydrogens (tertiary/aromatic N) is 2. The van der Waals surface area contributed by atoms with E-state index in [4.69, 9.17) is 4.74 Å². The molecule has 3 atom stereocenters. The maximum absolute atomic E-state index is 12.3. The number of piperidine rings is 1. The summed E-state index contributed by atoms with van der Waals surface area (Å²) < 4.78 is 6.18. The number of ether oxygens (including phenoxy) is 1. The first-order chi connectivity index (χ1) is 9.69. The molecule has 2 aliphatic rings. The molecule has 2 bridgehead atoms. The van der Waals surface area contributed by atoms with Crippen molar-refractivity contribution >= 4 is 33.4 Å². The van der Waals surface area contributed by atoms with Crippen LogP contribution in [0.15, 0.2) is 9.98 Å². The fourth-order valence-electron chi connectivity index (χ4n) is 3.30. The van der Waals surface area contributed by atoms with E-state index in [1.54, 1.807) is 4.90 Å². The van der Waals surface area contributed by atoms with Crippen LogP contribution >= 0.6 is 27.3 Å².